The predicted octanol–water partition coefficient (Wildman–Crippen LogP) is 3.67. The Kier molecular flexibility index (Phi) is 6.30. The number of nitrogens with one attached hydrogen (secondary N) is 1. The smallest absolute Gasteiger partial charge is 0.355 e. The van der Waals surface area contributed by atoms with Crippen LogP contribution < -0.4 is 10.3 Å². The predicted molar refractivity (Wildman–Crippen MR) is 115 cm³/mol. The zero-order valence-electron chi connectivity index (χ0n) is 17.6. The number of aryl methyl sites for hydroxylation is 3. The first kappa shape index (κ1) is 21.2. The average Bonchev–Trinajstić information content (AvgIpc) is 2.71. The van der Waals surface area contributed by atoms with Crippen molar-refractivity contribution in [1.29, 1.82) is 0 Å². The van der Waals surface area contributed by atoms with E-state index in [1.54, 1.807) is 6.07 Å². The summed E-state index contributed by atoms with van der Waals surface area (Å²) in [5, 5.41) is 8.24. The molecule has 0 aliphatic carbocycles. The van der Waals surface area contributed by atoms with E-state index >= 15 is 0 Å². The molecule has 0 bridgehead atoms. The zero-order chi connectivity index (χ0) is 21.8. The third kappa shape index (κ3) is 4.74. The average molecular weight is 407 g/mol. The first-order valence-corrected chi connectivity index (χ1v) is 9.81. The van der Waals surface area contributed by atoms with Crippen molar-refractivity contribution >= 4 is 34.9 Å². The van der Waals surface area contributed by atoms with Crippen LogP contribution in [0.1, 0.15) is 36.5 Å². The lowest BCUT2D eigenvalue weighted by atomic mass is 10.1. The number of hydrogen-bond donors (Lipinski definition) is 1. The monoisotopic (exact) mass is 407 g/mol. The number of anilines is 2. The molecule has 7 heteroatoms. The first-order chi connectivity index (χ1) is 14.3. The summed E-state index contributed by atoms with van der Waals surface area (Å²) in [6.45, 7) is 7.18. The largest absolute Gasteiger partial charge is 0.448 e. The fraction of sp³-hybridized carbons (Fsp3) is 0.304. The molecule has 0 spiro atoms. The number of esters is 1. The number of hydrazone groups is 1. The van der Waals surface area contributed by atoms with E-state index in [1.165, 1.54) is 11.9 Å². The Morgan fingerprint density at radius 3 is 2.53 bits per heavy atom. The summed E-state index contributed by atoms with van der Waals surface area (Å²) in [6, 6.07) is 13.0. The molecule has 0 saturated heterocycles. The molecule has 0 fully saturated rings. The Bertz CT molecular complexity index is 1030. The lowest BCUT2D eigenvalue weighted by molar-refractivity contribution is -0.146. The van der Waals surface area contributed by atoms with Crippen molar-refractivity contribution in [3.05, 3.63) is 59.2 Å². The quantitative estimate of drug-likeness (QED) is 0.766. The van der Waals surface area contributed by atoms with Crippen LogP contribution in [0, 0.1) is 20.8 Å². The summed E-state index contributed by atoms with van der Waals surface area (Å²) in [4.78, 5) is 37.4. The van der Waals surface area contributed by atoms with Gasteiger partial charge in [-0.25, -0.2) is 4.79 Å². The Labute approximate surface area is 175 Å². The van der Waals surface area contributed by atoms with Gasteiger partial charge in [0.25, 0.3) is 5.91 Å². The van der Waals surface area contributed by atoms with E-state index in [-0.39, 0.29) is 24.5 Å². The number of carbonyl (C=O) groups is 3. The molecule has 1 aliphatic heterocycles. The van der Waals surface area contributed by atoms with Crippen LogP contribution in [0.2, 0.25) is 0 Å². The number of para-hydroxylation sites is 1. The van der Waals surface area contributed by atoms with Crippen LogP contribution >= 0.6 is 0 Å². The number of carbonyl (C=O) groups excluding carboxylic acids is 3. The van der Waals surface area contributed by atoms with Crippen molar-refractivity contribution in [2.45, 2.75) is 46.6 Å². The highest BCUT2D eigenvalue weighted by Crippen LogP contribution is 2.25. The molecule has 1 unspecified atom stereocenters. The highest BCUT2D eigenvalue weighted by Gasteiger charge is 2.29. The highest BCUT2D eigenvalue weighted by molar-refractivity contribution is 6.38. The molecule has 30 heavy (non-hydrogen) atoms. The Hall–Kier alpha value is -3.48. The van der Waals surface area contributed by atoms with Gasteiger partial charge in [-0.2, -0.15) is 10.1 Å². The minimum absolute atomic E-state index is 0.117. The second kappa shape index (κ2) is 8.90. The third-order valence-electron chi connectivity index (χ3n) is 4.92. The maximum atomic E-state index is 12.6. The molecular formula is C23H25N3O4. The van der Waals surface area contributed by atoms with Gasteiger partial charge in [0, 0.05) is 18.5 Å². The van der Waals surface area contributed by atoms with Crippen LogP contribution in [0.25, 0.3) is 0 Å². The lowest BCUT2D eigenvalue weighted by Crippen LogP contribution is -2.38. The van der Waals surface area contributed by atoms with Gasteiger partial charge in [-0.3, -0.25) is 9.59 Å². The van der Waals surface area contributed by atoms with Crippen molar-refractivity contribution < 1.29 is 19.1 Å². The second-order valence-corrected chi connectivity index (χ2v) is 7.39. The highest BCUT2D eigenvalue weighted by atomic mass is 16.5. The van der Waals surface area contributed by atoms with E-state index in [0.29, 0.717) is 11.4 Å². The molecule has 1 N–H and O–H groups in total. The van der Waals surface area contributed by atoms with Crippen molar-refractivity contribution in [3.8, 4) is 0 Å². The summed E-state index contributed by atoms with van der Waals surface area (Å²) in [6.07, 6.45) is -0.692. The van der Waals surface area contributed by atoms with E-state index in [4.69, 9.17) is 4.74 Å². The third-order valence-corrected chi connectivity index (χ3v) is 4.92. The minimum atomic E-state index is -1.01. The summed E-state index contributed by atoms with van der Waals surface area (Å²) >= 11 is 0. The van der Waals surface area contributed by atoms with Gasteiger partial charge < -0.3 is 10.1 Å². The van der Waals surface area contributed by atoms with E-state index < -0.39 is 18.0 Å². The minimum Gasteiger partial charge on any atom is -0.448 e. The van der Waals surface area contributed by atoms with Crippen LogP contribution in [-0.2, 0) is 19.1 Å². The first-order valence-electron chi connectivity index (χ1n) is 9.81. The molecule has 0 aromatic heterocycles. The van der Waals surface area contributed by atoms with E-state index in [0.717, 1.165) is 16.7 Å². The van der Waals surface area contributed by atoms with Crippen LogP contribution in [0.4, 0.5) is 11.4 Å². The maximum absolute atomic E-state index is 12.6. The second-order valence-electron chi connectivity index (χ2n) is 7.39. The lowest BCUT2D eigenvalue weighted by Gasteiger charge is -2.25. The van der Waals surface area contributed by atoms with Gasteiger partial charge >= 0.3 is 5.97 Å². The number of benzene rings is 2. The van der Waals surface area contributed by atoms with Crippen LogP contribution in [0.5, 0.6) is 0 Å². The SMILES string of the molecule is Cc1ccc(C)c(N2N=C(C(=O)OC(C)C(=O)Nc3ccccc3C)CCC2=O)c1. The number of nitrogens with zero attached hydrogens (tertiary/aromatic N) is 2. The van der Waals surface area contributed by atoms with Crippen molar-refractivity contribution in [1.82, 2.24) is 0 Å². The Morgan fingerprint density at radius 1 is 1.07 bits per heavy atom. The van der Waals surface area contributed by atoms with Crippen LogP contribution in [-0.4, -0.2) is 29.6 Å². The Balaban J connectivity index is 1.72. The fourth-order valence-electron chi connectivity index (χ4n) is 3.07. The molecule has 1 aliphatic rings. The standard InChI is InChI=1S/C23H25N3O4/c1-14-9-10-16(3)20(13-14)26-21(27)12-11-19(25-26)23(29)30-17(4)22(28)24-18-8-6-5-7-15(18)2/h5-10,13,17H,11-12H2,1-4H3,(H,24,28). The number of ether oxygens (including phenoxy) is 1. The van der Waals surface area contributed by atoms with Gasteiger partial charge in [-0.15, -0.1) is 0 Å². The summed E-state index contributed by atoms with van der Waals surface area (Å²) in [5.74, 6) is -1.33. The van der Waals surface area contributed by atoms with Gasteiger partial charge in [0.2, 0.25) is 5.91 Å². The zero-order valence-corrected chi connectivity index (χ0v) is 17.6. The Morgan fingerprint density at radius 2 is 1.80 bits per heavy atom. The number of hydrogen-bond acceptors (Lipinski definition) is 5. The summed E-state index contributed by atoms with van der Waals surface area (Å²) in [5.41, 5.74) is 4.17. The summed E-state index contributed by atoms with van der Waals surface area (Å²) < 4.78 is 5.32. The molecule has 2 aromatic carbocycles. The molecule has 0 radical (unpaired) electrons. The molecule has 7 nitrogen and oxygen atoms in total. The van der Waals surface area contributed by atoms with E-state index in [2.05, 4.69) is 10.4 Å². The normalized spacial score (nSPS) is 14.7. The van der Waals surface area contributed by atoms with E-state index in [9.17, 15) is 14.4 Å². The molecular weight excluding hydrogens is 382 g/mol. The topological polar surface area (TPSA) is 88.1 Å². The van der Waals surface area contributed by atoms with Crippen LogP contribution in [0.3, 0.4) is 0 Å². The van der Waals surface area contributed by atoms with Crippen molar-refractivity contribution in [2.24, 2.45) is 5.10 Å². The van der Waals surface area contributed by atoms with Gasteiger partial charge in [-0.05, 0) is 56.5 Å². The number of amides is 2. The van der Waals surface area contributed by atoms with Gasteiger partial charge in [0.1, 0.15) is 5.71 Å². The molecule has 1 atom stereocenters. The van der Waals surface area contributed by atoms with Gasteiger partial charge in [0.05, 0.1) is 5.69 Å². The van der Waals surface area contributed by atoms with Gasteiger partial charge in [-0.1, -0.05) is 30.3 Å². The molecule has 0 saturated carbocycles. The maximum Gasteiger partial charge on any atom is 0.355 e. The number of rotatable bonds is 5. The molecule has 3 rings (SSSR count). The summed E-state index contributed by atoms with van der Waals surface area (Å²) in [7, 11) is 0. The molecule has 156 valence electrons. The van der Waals surface area contributed by atoms with E-state index in [1.807, 2.05) is 57.2 Å². The van der Waals surface area contributed by atoms with Crippen molar-refractivity contribution in [2.75, 3.05) is 10.3 Å². The fourth-order valence-corrected chi connectivity index (χ4v) is 3.07. The van der Waals surface area contributed by atoms with Crippen molar-refractivity contribution in [3.63, 3.8) is 0 Å². The molecule has 1 heterocycles. The van der Waals surface area contributed by atoms with Gasteiger partial charge in [0.15, 0.2) is 6.10 Å². The molecule has 2 amide bonds. The van der Waals surface area contributed by atoms with Crippen LogP contribution in [0.15, 0.2) is 47.6 Å². The molecule has 2 aromatic rings.